The zero-order valence-electron chi connectivity index (χ0n) is 17.8. The number of hydrogen-bond donors (Lipinski definition) is 2. The minimum absolute atomic E-state index is 0.0823. The van der Waals surface area contributed by atoms with Gasteiger partial charge in [0.1, 0.15) is 18.3 Å². The van der Waals surface area contributed by atoms with Crippen LogP contribution in [-0.2, 0) is 6.61 Å². The molecule has 31 heavy (non-hydrogen) atoms. The minimum atomic E-state index is -0.725. The molecule has 2 N–H and O–H groups in total. The number of H-pyrrole nitrogens is 1. The van der Waals surface area contributed by atoms with E-state index in [0.717, 1.165) is 44.8 Å². The Balaban J connectivity index is 1.74. The second-order valence-corrected chi connectivity index (χ2v) is 8.39. The Morgan fingerprint density at radius 1 is 1.16 bits per heavy atom. The third-order valence-electron chi connectivity index (χ3n) is 5.81. The maximum atomic E-state index is 9.83. The molecule has 4 rings (SSSR count). The van der Waals surface area contributed by atoms with E-state index in [4.69, 9.17) is 26.5 Å². The smallest absolute Gasteiger partial charge is 0.243 e. The highest BCUT2D eigenvalue weighted by atomic mass is 35.5. The summed E-state index contributed by atoms with van der Waals surface area (Å²) in [6.07, 6.45) is 0. The summed E-state index contributed by atoms with van der Waals surface area (Å²) in [4.78, 5) is 0. The highest BCUT2D eigenvalue weighted by Gasteiger charge is 2.40. The summed E-state index contributed by atoms with van der Waals surface area (Å²) in [5.74, 6) is 0.00497. The number of hydrogen-bond acceptors (Lipinski definition) is 5. The van der Waals surface area contributed by atoms with E-state index in [0.29, 0.717) is 17.5 Å². The molecule has 1 aliphatic rings. The molecule has 2 atom stereocenters. The molecule has 0 saturated carbocycles. The molecule has 0 saturated heterocycles. The number of rotatable bonds is 4. The van der Waals surface area contributed by atoms with Gasteiger partial charge in [-0.05, 0) is 73.7 Å². The molecule has 1 aliphatic heterocycles. The average Bonchev–Trinajstić information content (AvgIpc) is 3.08. The number of fused-ring (bicyclic) bond motifs is 1. The van der Waals surface area contributed by atoms with Gasteiger partial charge in [0.25, 0.3) is 0 Å². The van der Waals surface area contributed by atoms with Crippen molar-refractivity contribution >= 4 is 17.5 Å². The molecule has 1 aromatic heterocycles. The zero-order chi connectivity index (χ0) is 22.3. The standard InChI is InChI=1S/C24H23ClN4O2/c1-12-7-13(2)18(9-16(12)11-30-20-6-5-17(25)8-14(20)3)22-19(10-26)23(27)31-24-21(22)15(4)28-29-24/h5-9,19,22,27H,11H2,1-4H3,(H,28,29). The summed E-state index contributed by atoms with van der Waals surface area (Å²) in [6.45, 7) is 8.33. The fraction of sp³-hybridized carbons (Fsp3) is 0.292. The fourth-order valence-electron chi connectivity index (χ4n) is 4.15. The van der Waals surface area contributed by atoms with Gasteiger partial charge in [-0.25, -0.2) is 0 Å². The lowest BCUT2D eigenvalue weighted by Crippen LogP contribution is -2.31. The molecule has 2 unspecified atom stereocenters. The SMILES string of the molecule is Cc1cc(C)c(C2c3c(n[nH]c3C)OC(=N)C2C#N)cc1COc1ccc(Cl)cc1C. The van der Waals surface area contributed by atoms with Crippen LogP contribution in [0.15, 0.2) is 30.3 Å². The summed E-state index contributed by atoms with van der Waals surface area (Å²) < 4.78 is 11.6. The van der Waals surface area contributed by atoms with E-state index in [1.807, 2.05) is 45.9 Å². The molecule has 0 amide bonds. The van der Waals surface area contributed by atoms with E-state index < -0.39 is 5.92 Å². The molecule has 2 heterocycles. The predicted octanol–water partition coefficient (Wildman–Crippen LogP) is 5.52. The van der Waals surface area contributed by atoms with Gasteiger partial charge in [-0.2, -0.15) is 5.26 Å². The Hall–Kier alpha value is -3.30. The van der Waals surface area contributed by atoms with Crippen molar-refractivity contribution in [2.75, 3.05) is 0 Å². The lowest BCUT2D eigenvalue weighted by atomic mass is 9.77. The van der Waals surface area contributed by atoms with Gasteiger partial charge in [-0.3, -0.25) is 10.5 Å². The van der Waals surface area contributed by atoms with Gasteiger partial charge >= 0.3 is 0 Å². The van der Waals surface area contributed by atoms with Gasteiger partial charge in [0, 0.05) is 22.2 Å². The fourth-order valence-corrected chi connectivity index (χ4v) is 4.38. The molecule has 7 heteroatoms. The normalized spacial score (nSPS) is 17.6. The number of aromatic amines is 1. The number of halogens is 1. The summed E-state index contributed by atoms with van der Waals surface area (Å²) in [5, 5.41) is 25.8. The van der Waals surface area contributed by atoms with E-state index in [1.54, 1.807) is 0 Å². The monoisotopic (exact) mass is 434 g/mol. The first-order valence-corrected chi connectivity index (χ1v) is 10.4. The van der Waals surface area contributed by atoms with Gasteiger partial charge in [0.05, 0.1) is 6.07 Å². The van der Waals surface area contributed by atoms with Gasteiger partial charge < -0.3 is 9.47 Å². The van der Waals surface area contributed by atoms with Gasteiger partial charge in [-0.1, -0.05) is 23.7 Å². The van der Waals surface area contributed by atoms with Crippen molar-refractivity contribution in [2.45, 2.75) is 40.2 Å². The number of aromatic nitrogens is 2. The Bertz CT molecular complexity index is 1230. The van der Waals surface area contributed by atoms with Gasteiger partial charge in [0.15, 0.2) is 0 Å². The van der Waals surface area contributed by atoms with Crippen molar-refractivity contribution in [3.8, 4) is 17.7 Å². The van der Waals surface area contributed by atoms with Crippen LogP contribution in [0.3, 0.4) is 0 Å². The van der Waals surface area contributed by atoms with E-state index >= 15 is 0 Å². The van der Waals surface area contributed by atoms with Crippen LogP contribution in [0.1, 0.15) is 45.0 Å². The highest BCUT2D eigenvalue weighted by Crippen LogP contribution is 2.44. The Kier molecular flexibility index (Phi) is 5.47. The second kappa shape index (κ2) is 8.09. The maximum Gasteiger partial charge on any atom is 0.243 e. The highest BCUT2D eigenvalue weighted by molar-refractivity contribution is 6.30. The van der Waals surface area contributed by atoms with Crippen LogP contribution in [0.25, 0.3) is 0 Å². The summed E-state index contributed by atoms with van der Waals surface area (Å²) in [6, 6.07) is 12.0. The van der Waals surface area contributed by atoms with E-state index in [-0.39, 0.29) is 11.8 Å². The number of nitrogens with zero attached hydrogens (tertiary/aromatic N) is 2. The maximum absolute atomic E-state index is 9.83. The van der Waals surface area contributed by atoms with Crippen LogP contribution < -0.4 is 9.47 Å². The zero-order valence-corrected chi connectivity index (χ0v) is 18.6. The van der Waals surface area contributed by atoms with Gasteiger partial charge in [-0.15, -0.1) is 5.10 Å². The third-order valence-corrected chi connectivity index (χ3v) is 6.05. The molecule has 3 aromatic rings. The Morgan fingerprint density at radius 3 is 2.65 bits per heavy atom. The second-order valence-electron chi connectivity index (χ2n) is 7.95. The van der Waals surface area contributed by atoms with Gasteiger partial charge in [0.2, 0.25) is 11.8 Å². The van der Waals surface area contributed by atoms with Crippen molar-refractivity contribution in [1.29, 1.82) is 10.7 Å². The number of nitrogens with one attached hydrogen (secondary N) is 2. The number of aryl methyl sites for hydroxylation is 4. The molecule has 6 nitrogen and oxygen atoms in total. The summed E-state index contributed by atoms with van der Waals surface area (Å²) in [5.41, 5.74) is 6.79. The number of benzene rings is 2. The molecule has 0 fully saturated rings. The molecule has 2 aromatic carbocycles. The van der Waals surface area contributed by atoms with Crippen molar-refractivity contribution < 1.29 is 9.47 Å². The van der Waals surface area contributed by atoms with Crippen LogP contribution in [0.5, 0.6) is 11.6 Å². The largest absolute Gasteiger partial charge is 0.489 e. The molecule has 0 aliphatic carbocycles. The molecular formula is C24H23ClN4O2. The van der Waals surface area contributed by atoms with E-state index in [2.05, 4.69) is 28.4 Å². The average molecular weight is 435 g/mol. The topological polar surface area (TPSA) is 94.8 Å². The van der Waals surface area contributed by atoms with Crippen LogP contribution in [0, 0.1) is 50.4 Å². The molecule has 0 radical (unpaired) electrons. The van der Waals surface area contributed by atoms with E-state index in [9.17, 15) is 5.26 Å². The van der Waals surface area contributed by atoms with Crippen LogP contribution in [0.4, 0.5) is 0 Å². The predicted molar refractivity (Wildman–Crippen MR) is 119 cm³/mol. The first kappa shape index (κ1) is 21.0. The quantitative estimate of drug-likeness (QED) is 0.565. The van der Waals surface area contributed by atoms with Crippen LogP contribution >= 0.6 is 11.6 Å². The molecular weight excluding hydrogens is 412 g/mol. The van der Waals surface area contributed by atoms with Crippen LogP contribution in [-0.4, -0.2) is 16.1 Å². The lowest BCUT2D eigenvalue weighted by molar-refractivity contribution is 0.303. The molecule has 0 bridgehead atoms. The van der Waals surface area contributed by atoms with Crippen molar-refractivity contribution in [3.05, 3.63) is 74.4 Å². The van der Waals surface area contributed by atoms with Crippen LogP contribution in [0.2, 0.25) is 5.02 Å². The minimum Gasteiger partial charge on any atom is -0.489 e. The Morgan fingerprint density at radius 2 is 1.94 bits per heavy atom. The number of nitriles is 1. The van der Waals surface area contributed by atoms with Crippen molar-refractivity contribution in [1.82, 2.24) is 10.2 Å². The lowest BCUT2D eigenvalue weighted by Gasteiger charge is -2.29. The summed E-state index contributed by atoms with van der Waals surface area (Å²) >= 11 is 6.05. The van der Waals surface area contributed by atoms with E-state index in [1.165, 1.54) is 0 Å². The number of ether oxygens (including phenoxy) is 2. The molecule has 158 valence electrons. The van der Waals surface area contributed by atoms with Crippen molar-refractivity contribution in [2.24, 2.45) is 5.92 Å². The third kappa shape index (κ3) is 3.77. The first-order chi connectivity index (χ1) is 14.8. The molecule has 0 spiro atoms. The first-order valence-electron chi connectivity index (χ1n) is 10.00. The Labute approximate surface area is 186 Å². The van der Waals surface area contributed by atoms with Crippen molar-refractivity contribution in [3.63, 3.8) is 0 Å². The summed E-state index contributed by atoms with van der Waals surface area (Å²) in [7, 11) is 0.